The van der Waals surface area contributed by atoms with Crippen molar-refractivity contribution < 1.29 is 14.5 Å². The maximum absolute atomic E-state index is 12.1. The molecule has 1 aliphatic carbocycles. The zero-order valence-corrected chi connectivity index (χ0v) is 13.8. The summed E-state index contributed by atoms with van der Waals surface area (Å²) in [7, 11) is 0. The molecular weight excluding hydrogens is 298 g/mol. The van der Waals surface area contributed by atoms with Gasteiger partial charge in [0.25, 0.3) is 5.91 Å². The van der Waals surface area contributed by atoms with Crippen LogP contribution in [0.2, 0.25) is 0 Å². The molecular formula is C16H24N3O2S+. The van der Waals surface area contributed by atoms with Crippen LogP contribution in [0.3, 0.4) is 0 Å². The Morgan fingerprint density at radius 1 is 1.36 bits per heavy atom. The summed E-state index contributed by atoms with van der Waals surface area (Å²) in [5.41, 5.74) is 1.36. The predicted octanol–water partition coefficient (Wildman–Crippen LogP) is 1.02. The molecule has 0 saturated heterocycles. The number of nitrogens with one attached hydrogen (secondary N) is 3. The zero-order valence-electron chi connectivity index (χ0n) is 13.0. The second-order valence-corrected chi connectivity index (χ2v) is 7.36. The summed E-state index contributed by atoms with van der Waals surface area (Å²) in [6.45, 7) is 3.47. The third-order valence-electron chi connectivity index (χ3n) is 4.86. The Morgan fingerprint density at radius 2 is 2.14 bits per heavy atom. The highest BCUT2D eigenvalue weighted by Crippen LogP contribution is 2.24. The Kier molecular flexibility index (Phi) is 4.78. The molecule has 0 radical (unpaired) electrons. The van der Waals surface area contributed by atoms with Crippen LogP contribution in [-0.4, -0.2) is 31.1 Å². The Morgan fingerprint density at radius 3 is 2.91 bits per heavy atom. The van der Waals surface area contributed by atoms with Crippen molar-refractivity contribution in [1.82, 2.24) is 10.6 Å². The lowest BCUT2D eigenvalue weighted by Crippen LogP contribution is -3.14. The van der Waals surface area contributed by atoms with Crippen molar-refractivity contribution in [2.45, 2.75) is 51.1 Å². The maximum Gasteiger partial charge on any atom is 0.321 e. The van der Waals surface area contributed by atoms with Crippen LogP contribution in [0.15, 0.2) is 11.4 Å². The molecule has 2 heterocycles. The normalized spacial score (nSPS) is 24.8. The number of imide groups is 1. The van der Waals surface area contributed by atoms with E-state index in [0.717, 1.165) is 38.6 Å². The van der Waals surface area contributed by atoms with E-state index < -0.39 is 0 Å². The van der Waals surface area contributed by atoms with Gasteiger partial charge in [0.2, 0.25) is 0 Å². The molecule has 1 aromatic rings. The molecule has 2 aliphatic rings. The minimum absolute atomic E-state index is 0.184. The van der Waals surface area contributed by atoms with Crippen molar-refractivity contribution in [2.75, 3.05) is 13.1 Å². The molecule has 120 valence electrons. The number of amides is 3. The highest BCUT2D eigenvalue weighted by molar-refractivity contribution is 7.10. The predicted molar refractivity (Wildman–Crippen MR) is 86.1 cm³/mol. The van der Waals surface area contributed by atoms with Crippen LogP contribution in [0.25, 0.3) is 0 Å². The number of hydrogen-bond acceptors (Lipinski definition) is 3. The van der Waals surface area contributed by atoms with Crippen LogP contribution in [0.5, 0.6) is 0 Å². The van der Waals surface area contributed by atoms with Gasteiger partial charge in [0.15, 0.2) is 6.54 Å². The molecule has 1 saturated carbocycles. The first-order valence-electron chi connectivity index (χ1n) is 8.14. The van der Waals surface area contributed by atoms with Gasteiger partial charge in [-0.15, -0.1) is 11.3 Å². The Balaban J connectivity index is 1.48. The number of rotatable bonds is 3. The summed E-state index contributed by atoms with van der Waals surface area (Å²) in [5.74, 6) is -0.184. The summed E-state index contributed by atoms with van der Waals surface area (Å²) in [4.78, 5) is 26.6. The van der Waals surface area contributed by atoms with Gasteiger partial charge in [-0.3, -0.25) is 10.1 Å². The van der Waals surface area contributed by atoms with E-state index in [-0.39, 0.29) is 18.0 Å². The molecule has 3 N–H and O–H groups in total. The zero-order chi connectivity index (χ0) is 15.5. The van der Waals surface area contributed by atoms with Crippen LogP contribution in [0.4, 0.5) is 4.79 Å². The minimum Gasteiger partial charge on any atom is -0.335 e. The number of hydrogen-bond donors (Lipinski definition) is 3. The van der Waals surface area contributed by atoms with Gasteiger partial charge in [0, 0.05) is 22.9 Å². The van der Waals surface area contributed by atoms with E-state index in [1.165, 1.54) is 15.3 Å². The van der Waals surface area contributed by atoms with Gasteiger partial charge < -0.3 is 10.2 Å². The molecule has 3 rings (SSSR count). The Hall–Kier alpha value is -1.40. The topological polar surface area (TPSA) is 62.6 Å². The lowest BCUT2D eigenvalue weighted by atomic mass is 10.0. The summed E-state index contributed by atoms with van der Waals surface area (Å²) >= 11 is 1.80. The molecule has 1 fully saturated rings. The van der Waals surface area contributed by atoms with Crippen molar-refractivity contribution in [3.05, 3.63) is 21.9 Å². The number of thiophene rings is 1. The third kappa shape index (κ3) is 3.50. The first-order chi connectivity index (χ1) is 10.6. The van der Waals surface area contributed by atoms with Gasteiger partial charge >= 0.3 is 6.03 Å². The number of carbonyl (C=O) groups excluding carboxylic acids is 2. The number of carbonyl (C=O) groups is 2. The van der Waals surface area contributed by atoms with Crippen LogP contribution in [-0.2, 0) is 11.2 Å². The molecule has 3 amide bonds. The maximum atomic E-state index is 12.1. The minimum atomic E-state index is -0.336. The first-order valence-corrected chi connectivity index (χ1v) is 9.02. The van der Waals surface area contributed by atoms with Crippen LogP contribution >= 0.6 is 11.3 Å². The Labute approximate surface area is 135 Å². The van der Waals surface area contributed by atoms with Gasteiger partial charge in [0.05, 0.1) is 6.54 Å². The summed E-state index contributed by atoms with van der Waals surface area (Å²) in [5, 5.41) is 7.50. The SMILES string of the molecule is C[C@@H]1c2ccsc2CC[NH+]1CC(=O)NC(=O)NC1CCCC1. The van der Waals surface area contributed by atoms with Gasteiger partial charge in [-0.25, -0.2) is 4.79 Å². The first kappa shape index (κ1) is 15.5. The highest BCUT2D eigenvalue weighted by atomic mass is 32.1. The number of quaternary nitrogens is 1. The fourth-order valence-electron chi connectivity index (χ4n) is 3.56. The molecule has 1 aliphatic heterocycles. The third-order valence-corrected chi connectivity index (χ3v) is 5.86. The van der Waals surface area contributed by atoms with Gasteiger partial charge in [-0.05, 0) is 31.2 Å². The standard InChI is InChI=1S/C16H23N3O2S/c1-11-13-7-9-22-14(13)6-8-19(11)10-15(20)18-16(21)17-12-4-2-3-5-12/h7,9,11-12H,2-6,8,10H2,1H3,(H2,17,18,20,21)/p+1/t11-/m1/s1. The van der Waals surface area contributed by atoms with Crippen molar-refractivity contribution in [2.24, 2.45) is 0 Å². The average Bonchev–Trinajstić information content (AvgIpc) is 3.12. The fraction of sp³-hybridized carbons (Fsp3) is 0.625. The fourth-order valence-corrected chi connectivity index (χ4v) is 4.54. The van der Waals surface area contributed by atoms with E-state index in [1.807, 2.05) is 0 Å². The van der Waals surface area contributed by atoms with Crippen molar-refractivity contribution in [3.63, 3.8) is 0 Å². The van der Waals surface area contributed by atoms with Crippen molar-refractivity contribution in [1.29, 1.82) is 0 Å². The molecule has 1 unspecified atom stereocenters. The van der Waals surface area contributed by atoms with Crippen LogP contribution < -0.4 is 15.5 Å². The van der Waals surface area contributed by atoms with Crippen LogP contribution in [0, 0.1) is 0 Å². The van der Waals surface area contributed by atoms with E-state index in [9.17, 15) is 9.59 Å². The lowest BCUT2D eigenvalue weighted by molar-refractivity contribution is -0.924. The number of fused-ring (bicyclic) bond motifs is 1. The molecule has 0 aromatic carbocycles. The molecule has 6 heteroatoms. The largest absolute Gasteiger partial charge is 0.335 e. The second kappa shape index (κ2) is 6.79. The highest BCUT2D eigenvalue weighted by Gasteiger charge is 2.30. The van der Waals surface area contributed by atoms with E-state index in [4.69, 9.17) is 0 Å². The van der Waals surface area contributed by atoms with E-state index in [2.05, 4.69) is 29.0 Å². The smallest absolute Gasteiger partial charge is 0.321 e. The van der Waals surface area contributed by atoms with E-state index >= 15 is 0 Å². The quantitative estimate of drug-likeness (QED) is 0.778. The molecule has 0 bridgehead atoms. The van der Waals surface area contributed by atoms with E-state index in [0.29, 0.717) is 12.6 Å². The van der Waals surface area contributed by atoms with Gasteiger partial charge in [-0.2, -0.15) is 0 Å². The summed E-state index contributed by atoms with van der Waals surface area (Å²) in [6, 6.07) is 2.38. The van der Waals surface area contributed by atoms with Crippen LogP contribution in [0.1, 0.15) is 49.1 Å². The van der Waals surface area contributed by atoms with Crippen molar-refractivity contribution in [3.8, 4) is 0 Å². The molecule has 22 heavy (non-hydrogen) atoms. The van der Waals surface area contributed by atoms with Crippen molar-refractivity contribution >= 4 is 23.3 Å². The van der Waals surface area contributed by atoms with E-state index in [1.54, 1.807) is 11.3 Å². The molecule has 2 atom stereocenters. The molecule has 5 nitrogen and oxygen atoms in total. The summed E-state index contributed by atoms with van der Waals surface area (Å²) < 4.78 is 0. The average molecular weight is 322 g/mol. The lowest BCUT2D eigenvalue weighted by Gasteiger charge is -2.29. The summed E-state index contributed by atoms with van der Waals surface area (Å²) in [6.07, 6.45) is 5.40. The second-order valence-electron chi connectivity index (χ2n) is 6.36. The molecule has 0 spiro atoms. The Bertz CT molecular complexity index is 551. The van der Waals surface area contributed by atoms with Gasteiger partial charge in [-0.1, -0.05) is 12.8 Å². The van der Waals surface area contributed by atoms with Gasteiger partial charge in [0.1, 0.15) is 6.04 Å². The monoisotopic (exact) mass is 322 g/mol. The number of urea groups is 1. The molecule has 1 aromatic heterocycles.